The second kappa shape index (κ2) is 3.85. The van der Waals surface area contributed by atoms with Crippen molar-refractivity contribution in [3.05, 3.63) is 35.5 Å². The minimum absolute atomic E-state index is 0.237. The van der Waals surface area contributed by atoms with E-state index in [2.05, 4.69) is 9.68 Å². The summed E-state index contributed by atoms with van der Waals surface area (Å²) in [5, 5.41) is 20.7. The first-order valence-corrected chi connectivity index (χ1v) is 4.37. The van der Waals surface area contributed by atoms with E-state index in [1.165, 1.54) is 0 Å². The van der Waals surface area contributed by atoms with Crippen LogP contribution in [-0.2, 0) is 0 Å². The topological polar surface area (TPSA) is 83.6 Å². The number of benzene rings is 1. The molecule has 0 atom stereocenters. The number of carboxylic acids is 1. The predicted molar refractivity (Wildman–Crippen MR) is 50.5 cm³/mol. The van der Waals surface area contributed by atoms with E-state index in [1.807, 2.05) is 0 Å². The standard InChI is InChI=1S/C10H5F2NO4/c11-5-2-8(14)6(12)1-4(5)9-3-7(10(15)16)13-17-9/h1-3,14H,(H,15,16). The summed E-state index contributed by atoms with van der Waals surface area (Å²) in [4.78, 5) is 10.5. The van der Waals surface area contributed by atoms with Gasteiger partial charge in [-0.25, -0.2) is 13.6 Å². The van der Waals surface area contributed by atoms with Gasteiger partial charge in [0, 0.05) is 12.1 Å². The lowest BCUT2D eigenvalue weighted by atomic mass is 10.1. The van der Waals surface area contributed by atoms with Gasteiger partial charge in [0.25, 0.3) is 0 Å². The summed E-state index contributed by atoms with van der Waals surface area (Å²) in [5.74, 6) is -4.42. The highest BCUT2D eigenvalue weighted by Crippen LogP contribution is 2.28. The fourth-order valence-corrected chi connectivity index (χ4v) is 1.23. The molecule has 0 amide bonds. The molecule has 0 unspecified atom stereocenters. The summed E-state index contributed by atoms with van der Waals surface area (Å²) in [6.45, 7) is 0. The van der Waals surface area contributed by atoms with Crippen LogP contribution in [0.3, 0.4) is 0 Å². The van der Waals surface area contributed by atoms with Gasteiger partial charge in [-0.2, -0.15) is 0 Å². The Morgan fingerprint density at radius 3 is 2.53 bits per heavy atom. The highest BCUT2D eigenvalue weighted by atomic mass is 19.1. The second-order valence-corrected chi connectivity index (χ2v) is 3.17. The quantitative estimate of drug-likeness (QED) is 0.840. The number of aromatic carboxylic acids is 1. The van der Waals surface area contributed by atoms with Crippen molar-refractivity contribution in [1.82, 2.24) is 5.16 Å². The number of carbonyl (C=O) groups is 1. The van der Waals surface area contributed by atoms with Crippen LogP contribution in [-0.4, -0.2) is 21.3 Å². The van der Waals surface area contributed by atoms with Crippen molar-refractivity contribution in [3.8, 4) is 17.1 Å². The smallest absolute Gasteiger partial charge is 0.358 e. The molecule has 2 rings (SSSR count). The molecule has 88 valence electrons. The van der Waals surface area contributed by atoms with Crippen molar-refractivity contribution >= 4 is 5.97 Å². The van der Waals surface area contributed by atoms with Crippen LogP contribution in [0, 0.1) is 11.6 Å². The van der Waals surface area contributed by atoms with E-state index in [4.69, 9.17) is 10.2 Å². The van der Waals surface area contributed by atoms with Crippen LogP contribution in [0.15, 0.2) is 22.7 Å². The third-order valence-electron chi connectivity index (χ3n) is 2.03. The molecule has 2 N–H and O–H groups in total. The van der Waals surface area contributed by atoms with Crippen molar-refractivity contribution in [2.45, 2.75) is 0 Å². The summed E-state index contributed by atoms with van der Waals surface area (Å²) >= 11 is 0. The van der Waals surface area contributed by atoms with Crippen molar-refractivity contribution in [2.75, 3.05) is 0 Å². The molecule has 17 heavy (non-hydrogen) atoms. The Labute approximate surface area is 92.9 Å². The molecule has 0 radical (unpaired) electrons. The van der Waals surface area contributed by atoms with E-state index in [9.17, 15) is 13.6 Å². The average Bonchev–Trinajstić information content (AvgIpc) is 2.72. The Balaban J connectivity index is 2.52. The maximum absolute atomic E-state index is 13.4. The molecule has 0 fully saturated rings. The van der Waals surface area contributed by atoms with Crippen LogP contribution in [0.4, 0.5) is 8.78 Å². The zero-order chi connectivity index (χ0) is 12.6. The Kier molecular flexibility index (Phi) is 2.51. The van der Waals surface area contributed by atoms with Crippen molar-refractivity contribution in [2.24, 2.45) is 0 Å². The van der Waals surface area contributed by atoms with Gasteiger partial charge >= 0.3 is 5.97 Å². The fraction of sp³-hybridized carbons (Fsp3) is 0. The summed E-state index contributed by atoms with van der Waals surface area (Å²) in [6.07, 6.45) is 0. The molecule has 0 aliphatic rings. The van der Waals surface area contributed by atoms with Gasteiger partial charge in [0.15, 0.2) is 23.0 Å². The maximum Gasteiger partial charge on any atom is 0.358 e. The first kappa shape index (κ1) is 11.1. The van der Waals surface area contributed by atoms with Gasteiger partial charge in [-0.05, 0) is 6.07 Å². The van der Waals surface area contributed by atoms with E-state index in [0.29, 0.717) is 12.1 Å². The molecule has 0 aliphatic heterocycles. The molecule has 0 saturated carbocycles. The minimum atomic E-state index is -1.35. The van der Waals surface area contributed by atoms with Gasteiger partial charge in [-0.3, -0.25) is 0 Å². The number of aromatic nitrogens is 1. The summed E-state index contributed by atoms with van der Waals surface area (Å²) in [5.41, 5.74) is -0.742. The molecule has 0 aliphatic carbocycles. The Morgan fingerprint density at radius 2 is 1.94 bits per heavy atom. The first-order chi connectivity index (χ1) is 7.99. The van der Waals surface area contributed by atoms with Crippen molar-refractivity contribution < 1.29 is 28.3 Å². The van der Waals surface area contributed by atoms with E-state index in [0.717, 1.165) is 6.07 Å². The number of phenols is 1. The molecule has 0 spiro atoms. The third-order valence-corrected chi connectivity index (χ3v) is 2.03. The molecule has 1 aromatic heterocycles. The SMILES string of the molecule is O=C(O)c1cc(-c2cc(F)c(O)cc2F)on1. The normalized spacial score (nSPS) is 10.5. The van der Waals surface area contributed by atoms with Gasteiger partial charge in [-0.15, -0.1) is 0 Å². The Morgan fingerprint density at radius 1 is 1.24 bits per heavy atom. The minimum Gasteiger partial charge on any atom is -0.505 e. The molecular formula is C10H5F2NO4. The van der Waals surface area contributed by atoms with E-state index in [1.54, 1.807) is 0 Å². The van der Waals surface area contributed by atoms with E-state index >= 15 is 0 Å². The van der Waals surface area contributed by atoms with Gasteiger partial charge < -0.3 is 14.7 Å². The Bertz CT molecular complexity index is 594. The van der Waals surface area contributed by atoms with Crippen LogP contribution in [0.1, 0.15) is 10.5 Å². The predicted octanol–water partition coefficient (Wildman–Crippen LogP) is 2.02. The van der Waals surface area contributed by atoms with Crippen LogP contribution in [0.2, 0.25) is 0 Å². The zero-order valence-corrected chi connectivity index (χ0v) is 8.15. The lowest BCUT2D eigenvalue weighted by Gasteiger charge is -2.00. The largest absolute Gasteiger partial charge is 0.505 e. The number of halogens is 2. The zero-order valence-electron chi connectivity index (χ0n) is 8.15. The van der Waals surface area contributed by atoms with Crippen LogP contribution in [0.5, 0.6) is 5.75 Å². The molecule has 1 aromatic carbocycles. The third kappa shape index (κ3) is 1.94. The lowest BCUT2D eigenvalue weighted by molar-refractivity contribution is 0.0686. The summed E-state index contributed by atoms with van der Waals surface area (Å²) < 4.78 is 30.9. The molecule has 7 heteroatoms. The number of hydrogen-bond acceptors (Lipinski definition) is 4. The number of carboxylic acid groups (broad SMARTS) is 1. The van der Waals surface area contributed by atoms with Crippen molar-refractivity contribution in [1.29, 1.82) is 0 Å². The number of rotatable bonds is 2. The van der Waals surface area contributed by atoms with Crippen LogP contribution in [0.25, 0.3) is 11.3 Å². The van der Waals surface area contributed by atoms with E-state index in [-0.39, 0.29) is 11.3 Å². The highest BCUT2D eigenvalue weighted by molar-refractivity contribution is 5.86. The van der Waals surface area contributed by atoms with Gasteiger partial charge in [0.2, 0.25) is 0 Å². The maximum atomic E-state index is 13.4. The monoisotopic (exact) mass is 241 g/mol. The number of nitrogens with zero attached hydrogens (tertiary/aromatic N) is 1. The first-order valence-electron chi connectivity index (χ1n) is 4.37. The molecule has 0 bridgehead atoms. The number of aromatic hydroxyl groups is 1. The number of hydrogen-bond donors (Lipinski definition) is 2. The summed E-state index contributed by atoms with van der Waals surface area (Å²) in [6, 6.07) is 2.21. The molecule has 1 heterocycles. The lowest BCUT2D eigenvalue weighted by Crippen LogP contribution is -1.94. The van der Waals surface area contributed by atoms with Gasteiger partial charge in [0.1, 0.15) is 5.82 Å². The number of phenolic OH excluding ortho intramolecular Hbond substituents is 1. The van der Waals surface area contributed by atoms with Crippen LogP contribution >= 0.6 is 0 Å². The van der Waals surface area contributed by atoms with Gasteiger partial charge in [0.05, 0.1) is 5.56 Å². The Hall–Kier alpha value is -2.44. The molecule has 5 nitrogen and oxygen atoms in total. The van der Waals surface area contributed by atoms with Gasteiger partial charge in [-0.1, -0.05) is 5.16 Å². The fourth-order valence-electron chi connectivity index (χ4n) is 1.23. The second-order valence-electron chi connectivity index (χ2n) is 3.17. The average molecular weight is 241 g/mol. The molecule has 2 aromatic rings. The highest BCUT2D eigenvalue weighted by Gasteiger charge is 2.17. The summed E-state index contributed by atoms with van der Waals surface area (Å²) in [7, 11) is 0. The molecule has 0 saturated heterocycles. The van der Waals surface area contributed by atoms with Crippen molar-refractivity contribution in [3.63, 3.8) is 0 Å². The van der Waals surface area contributed by atoms with E-state index < -0.39 is 29.0 Å². The molecular weight excluding hydrogens is 236 g/mol. The van der Waals surface area contributed by atoms with Crippen LogP contribution < -0.4 is 0 Å².